The number of aliphatic hydroxyl groups is 1. The molecule has 0 bridgehead atoms. The van der Waals surface area contributed by atoms with E-state index in [4.69, 9.17) is 23.2 Å². The number of sulfonamides is 1. The first-order chi connectivity index (χ1) is 17.2. The first-order valence-corrected chi connectivity index (χ1v) is 14.6. The van der Waals surface area contributed by atoms with Crippen LogP contribution >= 0.6 is 23.2 Å². The van der Waals surface area contributed by atoms with Gasteiger partial charge >= 0.3 is 0 Å². The number of likely N-dealkylation sites (N-methyl/N-ethyl adjacent to an activating group) is 1. The molecule has 1 amide bonds. The maximum Gasteiger partial charge on any atom is 0.250 e. The van der Waals surface area contributed by atoms with Gasteiger partial charge in [-0.05, 0) is 74.0 Å². The third kappa shape index (κ3) is 6.23. The van der Waals surface area contributed by atoms with Crippen LogP contribution in [-0.4, -0.2) is 61.4 Å². The maximum absolute atomic E-state index is 12.9. The Balaban J connectivity index is 1.39. The molecular weight excluding hydrogens is 521 g/mol. The molecule has 2 atom stereocenters. The van der Waals surface area contributed by atoms with Crippen molar-refractivity contribution in [1.29, 1.82) is 0 Å². The van der Waals surface area contributed by atoms with Gasteiger partial charge in [0.25, 0.3) is 5.91 Å². The first-order valence-electron chi connectivity index (χ1n) is 12.4. The minimum Gasteiger partial charge on any atom is -0.382 e. The number of carbonyl (C=O) groups excluding carboxylic acids is 1. The molecule has 0 unspecified atom stereocenters. The van der Waals surface area contributed by atoms with E-state index in [0.29, 0.717) is 0 Å². The molecule has 1 heterocycles. The van der Waals surface area contributed by atoms with Gasteiger partial charge in [-0.25, -0.2) is 8.42 Å². The minimum atomic E-state index is -4.05. The highest BCUT2D eigenvalue weighted by Gasteiger charge is 2.30. The summed E-state index contributed by atoms with van der Waals surface area (Å²) in [6.45, 7) is 2.81. The standard InChI is InChI=1S/C26H33Cl2N3O4S/c1-30(36(34,35)24-10-6-8-21(27)25(24)28)17-23(32)26(33)29-22-9-5-7-19-15-18(11-12-20(19)22)16-31-13-3-2-4-14-31/h6,8,10-12,15,22-23,32H,2-5,7,9,13-14,16-17H2,1H3,(H,29,33)/t22-,23-/m1/s1. The van der Waals surface area contributed by atoms with Gasteiger partial charge < -0.3 is 10.4 Å². The number of hydrogen-bond acceptors (Lipinski definition) is 5. The van der Waals surface area contributed by atoms with E-state index in [9.17, 15) is 18.3 Å². The van der Waals surface area contributed by atoms with Gasteiger partial charge in [0.2, 0.25) is 10.0 Å². The fourth-order valence-corrected chi connectivity index (χ4v) is 6.94. The zero-order chi connectivity index (χ0) is 25.9. The average Bonchev–Trinajstić information content (AvgIpc) is 2.86. The quantitative estimate of drug-likeness (QED) is 0.512. The lowest BCUT2D eigenvalue weighted by molar-refractivity contribution is -0.130. The van der Waals surface area contributed by atoms with Gasteiger partial charge in [-0.15, -0.1) is 0 Å². The third-order valence-corrected chi connectivity index (χ3v) is 9.83. The Hall–Kier alpha value is -1.68. The van der Waals surface area contributed by atoms with Crippen LogP contribution in [0.3, 0.4) is 0 Å². The number of amides is 1. The Bertz CT molecular complexity index is 1200. The number of nitrogens with one attached hydrogen (secondary N) is 1. The van der Waals surface area contributed by atoms with E-state index in [2.05, 4.69) is 28.4 Å². The zero-order valence-corrected chi connectivity index (χ0v) is 22.7. The summed E-state index contributed by atoms with van der Waals surface area (Å²) in [4.78, 5) is 15.2. The predicted octanol–water partition coefficient (Wildman–Crippen LogP) is 4.15. The number of nitrogens with zero attached hydrogens (tertiary/aromatic N) is 2. The van der Waals surface area contributed by atoms with Crippen molar-refractivity contribution >= 4 is 39.1 Å². The number of halogens is 2. The Morgan fingerprint density at radius 2 is 1.92 bits per heavy atom. The van der Waals surface area contributed by atoms with Gasteiger partial charge in [-0.1, -0.05) is 53.9 Å². The smallest absolute Gasteiger partial charge is 0.250 e. The Morgan fingerprint density at radius 1 is 1.17 bits per heavy atom. The van der Waals surface area contributed by atoms with Crippen LogP contribution in [0, 0.1) is 0 Å². The maximum atomic E-state index is 12.9. The molecule has 1 aliphatic heterocycles. The van der Waals surface area contributed by atoms with E-state index < -0.39 is 28.6 Å². The van der Waals surface area contributed by atoms with Crippen LogP contribution in [0.1, 0.15) is 54.8 Å². The van der Waals surface area contributed by atoms with Gasteiger partial charge in [0.1, 0.15) is 11.0 Å². The number of fused-ring (bicyclic) bond motifs is 1. The largest absolute Gasteiger partial charge is 0.382 e. The molecule has 2 aliphatic rings. The monoisotopic (exact) mass is 553 g/mol. The summed E-state index contributed by atoms with van der Waals surface area (Å²) < 4.78 is 26.8. The summed E-state index contributed by atoms with van der Waals surface area (Å²) in [5.74, 6) is -0.607. The van der Waals surface area contributed by atoms with Crippen LogP contribution in [0.15, 0.2) is 41.3 Å². The highest BCUT2D eigenvalue weighted by Crippen LogP contribution is 2.32. The van der Waals surface area contributed by atoms with Crippen molar-refractivity contribution in [3.05, 3.63) is 63.1 Å². The molecule has 1 saturated heterocycles. The molecule has 1 aliphatic carbocycles. The topological polar surface area (TPSA) is 89.9 Å². The van der Waals surface area contributed by atoms with E-state index in [-0.39, 0.29) is 21.0 Å². The summed E-state index contributed by atoms with van der Waals surface area (Å²) in [6, 6.07) is 10.6. The highest BCUT2D eigenvalue weighted by atomic mass is 35.5. The lowest BCUT2D eigenvalue weighted by Gasteiger charge is -2.30. The number of rotatable bonds is 8. The molecule has 4 rings (SSSR count). The fourth-order valence-electron chi connectivity index (χ4n) is 5.04. The Morgan fingerprint density at radius 3 is 2.67 bits per heavy atom. The van der Waals surface area contributed by atoms with Crippen molar-refractivity contribution in [2.24, 2.45) is 0 Å². The molecule has 10 heteroatoms. The Labute approximate surface area is 223 Å². The molecular formula is C26H33Cl2N3O4S. The van der Waals surface area contributed by atoms with Crippen LogP contribution in [0.4, 0.5) is 0 Å². The number of aryl methyl sites for hydroxylation is 1. The van der Waals surface area contributed by atoms with Crippen molar-refractivity contribution in [1.82, 2.24) is 14.5 Å². The molecule has 0 aromatic heterocycles. The highest BCUT2D eigenvalue weighted by molar-refractivity contribution is 7.89. The van der Waals surface area contributed by atoms with E-state index in [0.717, 1.165) is 48.8 Å². The molecule has 2 N–H and O–H groups in total. The molecule has 2 aromatic carbocycles. The van der Waals surface area contributed by atoms with E-state index in [1.807, 2.05) is 0 Å². The molecule has 0 spiro atoms. The summed E-state index contributed by atoms with van der Waals surface area (Å²) >= 11 is 12.0. The molecule has 36 heavy (non-hydrogen) atoms. The SMILES string of the molecule is CN(C[C@@H](O)C(=O)N[C@@H]1CCCc2cc(CN3CCCCC3)ccc21)S(=O)(=O)c1cccc(Cl)c1Cl. The number of aliphatic hydroxyl groups excluding tert-OH is 1. The van der Waals surface area contributed by atoms with Crippen LogP contribution in [0.5, 0.6) is 0 Å². The molecule has 7 nitrogen and oxygen atoms in total. The van der Waals surface area contributed by atoms with Crippen molar-refractivity contribution < 1.29 is 18.3 Å². The van der Waals surface area contributed by atoms with Crippen LogP contribution in [0.25, 0.3) is 0 Å². The molecule has 0 radical (unpaired) electrons. The van der Waals surface area contributed by atoms with Crippen LogP contribution in [0.2, 0.25) is 10.0 Å². The van der Waals surface area contributed by atoms with E-state index >= 15 is 0 Å². The Kier molecular flexibility index (Phi) is 8.96. The van der Waals surface area contributed by atoms with Gasteiger partial charge in [0, 0.05) is 20.1 Å². The van der Waals surface area contributed by atoms with Gasteiger partial charge in [-0.3, -0.25) is 9.69 Å². The third-order valence-electron chi connectivity index (χ3n) is 7.03. The lowest BCUT2D eigenvalue weighted by Crippen LogP contribution is -2.45. The molecule has 0 saturated carbocycles. The summed E-state index contributed by atoms with van der Waals surface area (Å²) in [5.41, 5.74) is 3.58. The van der Waals surface area contributed by atoms with Crippen molar-refractivity contribution in [3.63, 3.8) is 0 Å². The van der Waals surface area contributed by atoms with Gasteiger partial charge in [0.15, 0.2) is 0 Å². The van der Waals surface area contributed by atoms with Crippen molar-refractivity contribution in [2.75, 3.05) is 26.7 Å². The number of hydrogen-bond donors (Lipinski definition) is 2. The predicted molar refractivity (Wildman–Crippen MR) is 142 cm³/mol. The lowest BCUT2D eigenvalue weighted by atomic mass is 9.86. The van der Waals surface area contributed by atoms with E-state index in [1.54, 1.807) is 0 Å². The van der Waals surface area contributed by atoms with Crippen molar-refractivity contribution in [2.45, 2.75) is 62.1 Å². The normalized spacial score (nSPS) is 19.6. The van der Waals surface area contributed by atoms with Gasteiger partial charge in [0.05, 0.1) is 16.1 Å². The minimum absolute atomic E-state index is 0.0940. The number of likely N-dealkylation sites (tertiary alicyclic amines) is 1. The second-order valence-corrected chi connectivity index (χ2v) is 12.5. The van der Waals surface area contributed by atoms with E-state index in [1.165, 1.54) is 55.6 Å². The van der Waals surface area contributed by atoms with Crippen molar-refractivity contribution in [3.8, 4) is 0 Å². The number of benzene rings is 2. The summed E-state index contributed by atoms with van der Waals surface area (Å²) in [5, 5.41) is 13.5. The second-order valence-electron chi connectivity index (χ2n) is 9.68. The zero-order valence-electron chi connectivity index (χ0n) is 20.4. The van der Waals surface area contributed by atoms with Crippen LogP contribution in [-0.2, 0) is 27.8 Å². The first kappa shape index (κ1) is 27.4. The van der Waals surface area contributed by atoms with Gasteiger partial charge in [-0.2, -0.15) is 4.31 Å². The number of piperidine rings is 1. The second kappa shape index (κ2) is 11.8. The molecule has 2 aromatic rings. The number of carbonyl (C=O) groups is 1. The fraction of sp³-hybridized carbons (Fsp3) is 0.500. The average molecular weight is 555 g/mol. The molecule has 1 fully saturated rings. The molecule has 196 valence electrons. The summed E-state index contributed by atoms with van der Waals surface area (Å²) in [6.07, 6.45) is 4.94. The summed E-state index contributed by atoms with van der Waals surface area (Å²) in [7, 11) is -2.75. The van der Waals surface area contributed by atoms with Crippen LogP contribution < -0.4 is 5.32 Å².